The van der Waals surface area contributed by atoms with Crippen LogP contribution in [0.25, 0.3) is 0 Å². The zero-order chi connectivity index (χ0) is 26.9. The van der Waals surface area contributed by atoms with Gasteiger partial charge in [-0.15, -0.1) is 0 Å². The van der Waals surface area contributed by atoms with Crippen LogP contribution < -0.4 is 5.32 Å². The number of ketones is 1. The number of fused-ring (bicyclic) bond motifs is 1. The number of amides is 1. The van der Waals surface area contributed by atoms with Gasteiger partial charge in [-0.1, -0.05) is 44.2 Å². The Kier molecular flexibility index (Phi) is 7.67. The van der Waals surface area contributed by atoms with Gasteiger partial charge in [0, 0.05) is 12.8 Å². The SMILES string of the molecule is CC1(C)CC(=O)c2c(C[C@H](NC(=O)OC(C)(C)C)C(=O)OC(C)(C)C)nn(Cc3ccccc3)c2C1. The van der Waals surface area contributed by atoms with Gasteiger partial charge in [0.2, 0.25) is 0 Å². The van der Waals surface area contributed by atoms with Crippen LogP contribution >= 0.6 is 0 Å². The quantitative estimate of drug-likeness (QED) is 0.572. The molecule has 0 saturated heterocycles. The fourth-order valence-electron chi connectivity index (χ4n) is 4.33. The van der Waals surface area contributed by atoms with Crippen molar-refractivity contribution in [3.63, 3.8) is 0 Å². The first kappa shape index (κ1) is 27.4. The van der Waals surface area contributed by atoms with E-state index in [4.69, 9.17) is 14.6 Å². The summed E-state index contributed by atoms with van der Waals surface area (Å²) in [4.78, 5) is 39.0. The van der Waals surface area contributed by atoms with E-state index in [-0.39, 0.29) is 17.6 Å². The lowest BCUT2D eigenvalue weighted by atomic mass is 9.75. The van der Waals surface area contributed by atoms with E-state index in [0.29, 0.717) is 30.6 Å². The molecule has 1 amide bonds. The number of hydrogen-bond donors (Lipinski definition) is 1. The van der Waals surface area contributed by atoms with E-state index in [1.165, 1.54) is 0 Å². The third-order valence-corrected chi connectivity index (χ3v) is 5.65. The standard InChI is InChI=1S/C28H39N3O5/c1-26(2,3)35-24(33)20(29-25(34)36-27(4,5)6)14-19-23-21(15-28(7,8)16-22(23)32)31(30-19)17-18-12-10-9-11-13-18/h9-13,20H,14-17H2,1-8H3,(H,29,34)/t20-/m0/s1. The summed E-state index contributed by atoms with van der Waals surface area (Å²) in [6.45, 7) is 15.2. The topological polar surface area (TPSA) is 99.5 Å². The number of ether oxygens (including phenoxy) is 2. The maximum absolute atomic E-state index is 13.3. The number of carbonyl (C=O) groups excluding carboxylic acids is 3. The second-order valence-electron chi connectivity index (χ2n) is 12.3. The highest BCUT2D eigenvalue weighted by Crippen LogP contribution is 2.37. The minimum absolute atomic E-state index is 0.00392. The highest BCUT2D eigenvalue weighted by molar-refractivity contribution is 6.00. The van der Waals surface area contributed by atoms with E-state index in [2.05, 4.69) is 19.2 Å². The van der Waals surface area contributed by atoms with Crippen LogP contribution in [0, 0.1) is 5.41 Å². The third kappa shape index (κ3) is 7.42. The maximum atomic E-state index is 13.3. The van der Waals surface area contributed by atoms with Crippen molar-refractivity contribution < 1.29 is 23.9 Å². The highest BCUT2D eigenvalue weighted by atomic mass is 16.6. The van der Waals surface area contributed by atoms with E-state index < -0.39 is 29.3 Å². The van der Waals surface area contributed by atoms with Crippen LogP contribution in [0.1, 0.15) is 89.1 Å². The molecular weight excluding hydrogens is 458 g/mol. The summed E-state index contributed by atoms with van der Waals surface area (Å²) < 4.78 is 12.8. The predicted molar refractivity (Wildman–Crippen MR) is 137 cm³/mol. The van der Waals surface area contributed by atoms with E-state index in [1.807, 2.05) is 35.0 Å². The zero-order valence-electron chi connectivity index (χ0n) is 22.7. The van der Waals surface area contributed by atoms with Crippen molar-refractivity contribution in [1.29, 1.82) is 0 Å². The van der Waals surface area contributed by atoms with Gasteiger partial charge in [-0.05, 0) is 58.9 Å². The first-order valence-corrected chi connectivity index (χ1v) is 12.4. The summed E-state index contributed by atoms with van der Waals surface area (Å²) in [5.74, 6) is -0.612. The molecule has 1 aromatic heterocycles. The summed E-state index contributed by atoms with van der Waals surface area (Å²) >= 11 is 0. The lowest BCUT2D eigenvalue weighted by Gasteiger charge is -2.29. The molecule has 0 spiro atoms. The minimum Gasteiger partial charge on any atom is -0.458 e. The molecule has 1 aliphatic rings. The van der Waals surface area contributed by atoms with Gasteiger partial charge in [-0.2, -0.15) is 5.10 Å². The molecule has 1 aromatic carbocycles. The number of esters is 1. The molecule has 3 rings (SSSR count). The van der Waals surface area contributed by atoms with Gasteiger partial charge in [0.25, 0.3) is 0 Å². The number of nitrogens with one attached hydrogen (secondary N) is 1. The number of hydrogen-bond acceptors (Lipinski definition) is 6. The van der Waals surface area contributed by atoms with Crippen molar-refractivity contribution in [2.75, 3.05) is 0 Å². The van der Waals surface area contributed by atoms with Crippen molar-refractivity contribution in [2.24, 2.45) is 5.41 Å². The van der Waals surface area contributed by atoms with Crippen molar-refractivity contribution in [2.45, 2.75) is 98.4 Å². The molecule has 1 atom stereocenters. The van der Waals surface area contributed by atoms with Gasteiger partial charge in [0.1, 0.15) is 17.2 Å². The molecule has 196 valence electrons. The molecule has 2 aromatic rings. The zero-order valence-corrected chi connectivity index (χ0v) is 22.7. The van der Waals surface area contributed by atoms with Gasteiger partial charge < -0.3 is 14.8 Å². The van der Waals surface area contributed by atoms with E-state index in [1.54, 1.807) is 41.5 Å². The van der Waals surface area contributed by atoms with Gasteiger partial charge >= 0.3 is 12.1 Å². The number of nitrogens with zero attached hydrogens (tertiary/aromatic N) is 2. The Morgan fingerprint density at radius 3 is 2.22 bits per heavy atom. The summed E-state index contributed by atoms with van der Waals surface area (Å²) in [6, 6.07) is 8.84. The average Bonchev–Trinajstić information content (AvgIpc) is 3.01. The molecule has 0 bridgehead atoms. The van der Waals surface area contributed by atoms with E-state index in [9.17, 15) is 14.4 Å². The number of alkyl carbamates (subject to hydrolysis) is 1. The Balaban J connectivity index is 1.99. The Morgan fingerprint density at radius 1 is 1.03 bits per heavy atom. The third-order valence-electron chi connectivity index (χ3n) is 5.65. The summed E-state index contributed by atoms with van der Waals surface area (Å²) in [5, 5.41) is 7.44. The van der Waals surface area contributed by atoms with Crippen LogP contribution in [0.15, 0.2) is 30.3 Å². The number of benzene rings is 1. The highest BCUT2D eigenvalue weighted by Gasteiger charge is 2.38. The van der Waals surface area contributed by atoms with Crippen LogP contribution in [0.4, 0.5) is 4.79 Å². The number of rotatable bonds is 6. The Bertz CT molecular complexity index is 1120. The lowest BCUT2D eigenvalue weighted by Crippen LogP contribution is -2.47. The molecule has 0 saturated carbocycles. The second-order valence-corrected chi connectivity index (χ2v) is 12.3. The molecular formula is C28H39N3O5. The first-order valence-electron chi connectivity index (χ1n) is 12.4. The molecule has 0 aliphatic heterocycles. The van der Waals surface area contributed by atoms with E-state index in [0.717, 1.165) is 11.3 Å². The van der Waals surface area contributed by atoms with Crippen LogP contribution in [0.3, 0.4) is 0 Å². The van der Waals surface area contributed by atoms with Gasteiger partial charge in [0.05, 0.1) is 23.5 Å². The lowest BCUT2D eigenvalue weighted by molar-refractivity contribution is -0.157. The largest absolute Gasteiger partial charge is 0.458 e. The van der Waals surface area contributed by atoms with Crippen LogP contribution in [0.2, 0.25) is 0 Å². The molecule has 36 heavy (non-hydrogen) atoms. The van der Waals surface area contributed by atoms with Crippen molar-refractivity contribution in [3.05, 3.63) is 52.8 Å². The van der Waals surface area contributed by atoms with Crippen LogP contribution in [-0.2, 0) is 33.7 Å². The van der Waals surface area contributed by atoms with Crippen molar-refractivity contribution in [1.82, 2.24) is 15.1 Å². The molecule has 0 fully saturated rings. The van der Waals surface area contributed by atoms with Gasteiger partial charge in [-0.3, -0.25) is 9.48 Å². The molecule has 0 unspecified atom stereocenters. The Labute approximate surface area is 213 Å². The Hall–Kier alpha value is -3.16. The fourth-order valence-corrected chi connectivity index (χ4v) is 4.33. The smallest absolute Gasteiger partial charge is 0.408 e. The Morgan fingerprint density at radius 2 is 1.64 bits per heavy atom. The van der Waals surface area contributed by atoms with Gasteiger partial charge in [0.15, 0.2) is 5.78 Å². The summed E-state index contributed by atoms with van der Waals surface area (Å²) in [5.41, 5.74) is 1.25. The van der Waals surface area contributed by atoms with Crippen LogP contribution in [0.5, 0.6) is 0 Å². The molecule has 1 heterocycles. The normalized spacial score (nSPS) is 16.2. The van der Waals surface area contributed by atoms with Crippen LogP contribution in [-0.4, -0.2) is 44.9 Å². The summed E-state index contributed by atoms with van der Waals surface area (Å²) in [7, 11) is 0. The van der Waals surface area contributed by atoms with Gasteiger partial charge in [-0.25, -0.2) is 9.59 Å². The fraction of sp³-hybridized carbons (Fsp3) is 0.571. The molecule has 8 nitrogen and oxygen atoms in total. The van der Waals surface area contributed by atoms with E-state index >= 15 is 0 Å². The van der Waals surface area contributed by atoms with Crippen molar-refractivity contribution in [3.8, 4) is 0 Å². The monoisotopic (exact) mass is 497 g/mol. The van der Waals surface area contributed by atoms with Crippen molar-refractivity contribution >= 4 is 17.8 Å². The first-order chi connectivity index (χ1) is 16.5. The number of aromatic nitrogens is 2. The molecule has 1 N–H and O–H groups in total. The predicted octanol–water partition coefficient (Wildman–Crippen LogP) is 4.86. The molecule has 0 radical (unpaired) electrons. The maximum Gasteiger partial charge on any atom is 0.408 e. The summed E-state index contributed by atoms with van der Waals surface area (Å²) in [6.07, 6.45) is 0.360. The minimum atomic E-state index is -1.06. The average molecular weight is 498 g/mol. The number of Topliss-reactive ketones (excluding diaryl/α,β-unsaturated/α-hetero) is 1. The molecule has 1 aliphatic carbocycles. The molecule has 8 heteroatoms. The number of carbonyl (C=O) groups is 3. The second kappa shape index (κ2) is 10.1.